The fourth-order valence-electron chi connectivity index (χ4n) is 4.04. The van der Waals surface area contributed by atoms with Crippen LogP contribution in [0.15, 0.2) is 24.4 Å². The van der Waals surface area contributed by atoms with E-state index in [0.29, 0.717) is 18.0 Å². The standard InChI is InChI=1S/C18H25N5/c1-13(2)9-17-20-21-18-10-15-6-7-16(12-23(17)18)22(15)11-14-5-3-4-8-19-14/h3-5,8,13,15-16H,6-7,9-12H2,1-2H3. The molecule has 2 atom stereocenters. The second-order valence-electron chi connectivity index (χ2n) is 7.32. The fourth-order valence-corrected chi connectivity index (χ4v) is 4.04. The highest BCUT2D eigenvalue weighted by Crippen LogP contribution is 2.32. The van der Waals surface area contributed by atoms with E-state index < -0.39 is 0 Å². The Balaban J connectivity index is 1.57. The maximum Gasteiger partial charge on any atom is 0.134 e. The van der Waals surface area contributed by atoms with Gasteiger partial charge in [-0.3, -0.25) is 9.88 Å². The molecule has 2 bridgehead atoms. The van der Waals surface area contributed by atoms with Gasteiger partial charge in [-0.25, -0.2) is 0 Å². The van der Waals surface area contributed by atoms with Crippen molar-refractivity contribution in [2.45, 2.75) is 64.7 Å². The Morgan fingerprint density at radius 2 is 2.04 bits per heavy atom. The molecule has 5 nitrogen and oxygen atoms in total. The van der Waals surface area contributed by atoms with Gasteiger partial charge in [0.25, 0.3) is 0 Å². The van der Waals surface area contributed by atoms with Crippen LogP contribution in [0.4, 0.5) is 0 Å². The number of fused-ring (bicyclic) bond motifs is 3. The zero-order chi connectivity index (χ0) is 15.8. The molecule has 5 heteroatoms. The van der Waals surface area contributed by atoms with Crippen LogP contribution in [0, 0.1) is 5.92 Å². The molecule has 0 aliphatic carbocycles. The minimum Gasteiger partial charge on any atom is -0.313 e. The highest BCUT2D eigenvalue weighted by Gasteiger charge is 2.38. The number of hydrogen-bond donors (Lipinski definition) is 0. The van der Waals surface area contributed by atoms with Gasteiger partial charge >= 0.3 is 0 Å². The third-order valence-electron chi connectivity index (χ3n) is 5.15. The van der Waals surface area contributed by atoms with Gasteiger partial charge in [0.15, 0.2) is 0 Å². The number of pyridine rings is 1. The van der Waals surface area contributed by atoms with Crippen molar-refractivity contribution in [1.29, 1.82) is 0 Å². The van der Waals surface area contributed by atoms with Gasteiger partial charge in [0.2, 0.25) is 0 Å². The average molecular weight is 311 g/mol. The zero-order valence-electron chi connectivity index (χ0n) is 14.0. The molecule has 4 heterocycles. The molecule has 2 aromatic rings. The van der Waals surface area contributed by atoms with E-state index in [4.69, 9.17) is 0 Å². The third-order valence-corrected chi connectivity index (χ3v) is 5.15. The lowest BCUT2D eigenvalue weighted by Gasteiger charge is -2.27. The minimum atomic E-state index is 0.583. The summed E-state index contributed by atoms with van der Waals surface area (Å²) in [6.45, 7) is 6.48. The predicted molar refractivity (Wildman–Crippen MR) is 88.9 cm³/mol. The molecule has 2 aromatic heterocycles. The van der Waals surface area contributed by atoms with E-state index in [9.17, 15) is 0 Å². The Kier molecular flexibility index (Phi) is 3.89. The Bertz CT molecular complexity index is 663. The smallest absolute Gasteiger partial charge is 0.134 e. The van der Waals surface area contributed by atoms with Crippen molar-refractivity contribution in [1.82, 2.24) is 24.6 Å². The molecule has 122 valence electrons. The normalized spacial score (nSPS) is 24.0. The summed E-state index contributed by atoms with van der Waals surface area (Å²) in [4.78, 5) is 7.17. The summed E-state index contributed by atoms with van der Waals surface area (Å²) in [6, 6.07) is 7.37. The predicted octanol–water partition coefficient (Wildman–Crippen LogP) is 2.46. The van der Waals surface area contributed by atoms with Gasteiger partial charge in [-0.15, -0.1) is 10.2 Å². The van der Waals surface area contributed by atoms with Crippen molar-refractivity contribution in [2.75, 3.05) is 0 Å². The Hall–Kier alpha value is -1.75. The number of nitrogens with zero attached hydrogens (tertiary/aromatic N) is 5. The quantitative estimate of drug-likeness (QED) is 0.870. The first-order valence-corrected chi connectivity index (χ1v) is 8.77. The second-order valence-corrected chi connectivity index (χ2v) is 7.32. The molecule has 1 fully saturated rings. The van der Waals surface area contributed by atoms with Crippen LogP contribution in [-0.2, 0) is 25.9 Å². The van der Waals surface area contributed by atoms with Crippen LogP contribution in [0.2, 0.25) is 0 Å². The average Bonchev–Trinajstić information content (AvgIpc) is 3.01. The number of hydrogen-bond acceptors (Lipinski definition) is 4. The first-order chi connectivity index (χ1) is 11.2. The third kappa shape index (κ3) is 2.90. The summed E-state index contributed by atoms with van der Waals surface area (Å²) in [7, 11) is 0. The molecule has 0 saturated carbocycles. The Labute approximate surface area is 137 Å². The first-order valence-electron chi connectivity index (χ1n) is 8.77. The molecule has 23 heavy (non-hydrogen) atoms. The molecule has 1 saturated heterocycles. The van der Waals surface area contributed by atoms with Gasteiger partial charge in [-0.05, 0) is 30.9 Å². The van der Waals surface area contributed by atoms with Gasteiger partial charge in [0, 0.05) is 44.2 Å². The molecule has 2 unspecified atom stereocenters. The minimum absolute atomic E-state index is 0.583. The van der Waals surface area contributed by atoms with Gasteiger partial charge in [0.05, 0.1) is 5.69 Å². The SMILES string of the molecule is CC(C)Cc1nnc2n1CC1CCC(C2)N1Cc1ccccn1. The fraction of sp³-hybridized carbons (Fsp3) is 0.611. The largest absolute Gasteiger partial charge is 0.313 e. The summed E-state index contributed by atoms with van der Waals surface area (Å²) < 4.78 is 2.40. The van der Waals surface area contributed by atoms with E-state index in [1.165, 1.54) is 30.2 Å². The van der Waals surface area contributed by atoms with Crippen LogP contribution in [0.5, 0.6) is 0 Å². The number of aromatic nitrogens is 4. The molecular formula is C18H25N5. The van der Waals surface area contributed by atoms with Crippen molar-refractivity contribution in [3.63, 3.8) is 0 Å². The van der Waals surface area contributed by atoms with E-state index in [1.807, 2.05) is 12.3 Å². The lowest BCUT2D eigenvalue weighted by Crippen LogP contribution is -2.36. The summed E-state index contributed by atoms with van der Waals surface area (Å²) in [5, 5.41) is 8.97. The van der Waals surface area contributed by atoms with Gasteiger partial charge in [0.1, 0.15) is 11.6 Å². The molecule has 0 aromatic carbocycles. The van der Waals surface area contributed by atoms with E-state index in [1.54, 1.807) is 0 Å². The molecular weight excluding hydrogens is 286 g/mol. The van der Waals surface area contributed by atoms with Gasteiger partial charge in [-0.2, -0.15) is 0 Å². The highest BCUT2D eigenvalue weighted by atomic mass is 15.3. The van der Waals surface area contributed by atoms with E-state index >= 15 is 0 Å². The molecule has 0 spiro atoms. The van der Waals surface area contributed by atoms with E-state index in [-0.39, 0.29) is 0 Å². The highest BCUT2D eigenvalue weighted by molar-refractivity contribution is 5.09. The van der Waals surface area contributed by atoms with Crippen LogP contribution < -0.4 is 0 Å². The molecule has 0 N–H and O–H groups in total. The lowest BCUT2D eigenvalue weighted by atomic mass is 10.1. The number of rotatable bonds is 4. The van der Waals surface area contributed by atoms with Crippen molar-refractivity contribution in [3.8, 4) is 0 Å². The zero-order valence-corrected chi connectivity index (χ0v) is 14.0. The molecule has 2 aliphatic heterocycles. The topological polar surface area (TPSA) is 46.8 Å². The Morgan fingerprint density at radius 1 is 1.17 bits per heavy atom. The summed E-state index contributed by atoms with van der Waals surface area (Å²) in [5.74, 6) is 2.97. The van der Waals surface area contributed by atoms with Gasteiger partial charge < -0.3 is 4.57 Å². The van der Waals surface area contributed by atoms with Crippen molar-refractivity contribution < 1.29 is 0 Å². The monoisotopic (exact) mass is 311 g/mol. The molecule has 0 amide bonds. The maximum absolute atomic E-state index is 4.52. The van der Waals surface area contributed by atoms with Crippen molar-refractivity contribution in [3.05, 3.63) is 41.7 Å². The van der Waals surface area contributed by atoms with Crippen molar-refractivity contribution in [2.24, 2.45) is 5.92 Å². The van der Waals surface area contributed by atoms with Gasteiger partial charge in [-0.1, -0.05) is 19.9 Å². The van der Waals surface area contributed by atoms with Crippen molar-refractivity contribution >= 4 is 0 Å². The first kappa shape index (κ1) is 14.8. The van der Waals surface area contributed by atoms with Crippen LogP contribution in [-0.4, -0.2) is 36.7 Å². The molecule has 4 rings (SSSR count). The molecule has 0 radical (unpaired) electrons. The van der Waals surface area contributed by atoms with E-state index in [2.05, 4.69) is 50.6 Å². The van der Waals surface area contributed by atoms with Crippen LogP contribution in [0.1, 0.15) is 44.0 Å². The van der Waals surface area contributed by atoms with Crippen LogP contribution in [0.25, 0.3) is 0 Å². The maximum atomic E-state index is 4.52. The summed E-state index contributed by atoms with van der Waals surface area (Å²) in [6.07, 6.45) is 6.48. The second kappa shape index (κ2) is 6.04. The van der Waals surface area contributed by atoms with Crippen LogP contribution in [0.3, 0.4) is 0 Å². The molecule has 2 aliphatic rings. The summed E-state index contributed by atoms with van der Waals surface area (Å²) in [5.41, 5.74) is 1.17. The lowest BCUT2D eigenvalue weighted by molar-refractivity contribution is 0.177. The van der Waals surface area contributed by atoms with Crippen LogP contribution >= 0.6 is 0 Å². The Morgan fingerprint density at radius 3 is 2.83 bits per heavy atom. The summed E-state index contributed by atoms with van der Waals surface area (Å²) >= 11 is 0. The van der Waals surface area contributed by atoms with E-state index in [0.717, 1.165) is 25.9 Å².